The first-order chi connectivity index (χ1) is 9.93. The maximum Gasteiger partial charge on any atom is 0.326 e. The SMILES string of the molecule is CSc1ncc(Cl)c(C(=O)N2CCC(C)CC2C(=O)O)n1. The molecule has 21 heavy (non-hydrogen) atoms. The van der Waals surface area contributed by atoms with Gasteiger partial charge >= 0.3 is 5.97 Å². The lowest BCUT2D eigenvalue weighted by Gasteiger charge is -2.35. The summed E-state index contributed by atoms with van der Waals surface area (Å²) in [5.74, 6) is -1.17. The van der Waals surface area contributed by atoms with Crippen LogP contribution in [0.1, 0.15) is 30.3 Å². The van der Waals surface area contributed by atoms with E-state index in [2.05, 4.69) is 9.97 Å². The number of hydrogen-bond donors (Lipinski definition) is 1. The molecule has 1 fully saturated rings. The Hall–Kier alpha value is -1.34. The fraction of sp³-hybridized carbons (Fsp3) is 0.538. The summed E-state index contributed by atoms with van der Waals surface area (Å²) in [5.41, 5.74) is 0.0665. The molecule has 2 atom stereocenters. The molecule has 2 unspecified atom stereocenters. The maximum absolute atomic E-state index is 12.6. The summed E-state index contributed by atoms with van der Waals surface area (Å²) in [5, 5.41) is 9.90. The molecule has 1 aliphatic heterocycles. The van der Waals surface area contributed by atoms with Crippen molar-refractivity contribution in [3.05, 3.63) is 16.9 Å². The summed E-state index contributed by atoms with van der Waals surface area (Å²) in [6, 6.07) is -0.829. The molecular weight excluding hydrogens is 314 g/mol. The molecule has 0 aromatic carbocycles. The number of aromatic nitrogens is 2. The monoisotopic (exact) mass is 329 g/mol. The lowest BCUT2D eigenvalue weighted by molar-refractivity contribution is -0.144. The lowest BCUT2D eigenvalue weighted by Crippen LogP contribution is -2.50. The van der Waals surface area contributed by atoms with Crippen molar-refractivity contribution >= 4 is 35.2 Å². The number of piperidine rings is 1. The zero-order valence-corrected chi connectivity index (χ0v) is 13.3. The standard InChI is InChI=1S/C13H16ClN3O3S/c1-7-3-4-17(9(5-7)12(19)20)11(18)10-8(14)6-15-13(16-10)21-2/h6-7,9H,3-5H2,1-2H3,(H,19,20). The highest BCUT2D eigenvalue weighted by Crippen LogP contribution is 2.26. The van der Waals surface area contributed by atoms with Crippen molar-refractivity contribution < 1.29 is 14.7 Å². The van der Waals surface area contributed by atoms with Crippen LogP contribution in [-0.4, -0.2) is 50.7 Å². The van der Waals surface area contributed by atoms with E-state index in [1.54, 1.807) is 6.26 Å². The Balaban J connectivity index is 2.31. The molecule has 8 heteroatoms. The van der Waals surface area contributed by atoms with Gasteiger partial charge in [0.15, 0.2) is 10.9 Å². The Morgan fingerprint density at radius 1 is 1.52 bits per heavy atom. The summed E-state index contributed by atoms with van der Waals surface area (Å²) in [6.07, 6.45) is 4.38. The summed E-state index contributed by atoms with van der Waals surface area (Å²) >= 11 is 7.29. The van der Waals surface area contributed by atoms with Gasteiger partial charge in [-0.05, 0) is 25.0 Å². The van der Waals surface area contributed by atoms with Crippen LogP contribution in [0.3, 0.4) is 0 Å². The van der Waals surface area contributed by atoms with E-state index in [4.69, 9.17) is 11.6 Å². The first-order valence-corrected chi connectivity index (χ1v) is 8.14. The summed E-state index contributed by atoms with van der Waals surface area (Å²) in [6.45, 7) is 2.38. The molecule has 0 saturated carbocycles. The highest BCUT2D eigenvalue weighted by molar-refractivity contribution is 7.98. The molecule has 114 valence electrons. The third kappa shape index (κ3) is 3.47. The Kier molecular flexibility index (Phi) is 5.05. The van der Waals surface area contributed by atoms with E-state index < -0.39 is 17.9 Å². The van der Waals surface area contributed by atoms with E-state index in [9.17, 15) is 14.7 Å². The number of carbonyl (C=O) groups is 2. The number of likely N-dealkylation sites (tertiary alicyclic amines) is 1. The summed E-state index contributed by atoms with van der Waals surface area (Å²) in [7, 11) is 0. The third-order valence-corrected chi connectivity index (χ3v) is 4.36. The Morgan fingerprint density at radius 3 is 2.86 bits per heavy atom. The van der Waals surface area contributed by atoms with Crippen LogP contribution in [0, 0.1) is 5.92 Å². The van der Waals surface area contributed by atoms with E-state index >= 15 is 0 Å². The predicted molar refractivity (Wildman–Crippen MR) is 79.7 cm³/mol. The second-order valence-electron chi connectivity index (χ2n) is 5.04. The molecule has 0 spiro atoms. The van der Waals surface area contributed by atoms with Crippen LogP contribution in [0.5, 0.6) is 0 Å². The number of halogens is 1. The largest absolute Gasteiger partial charge is 0.480 e. The quantitative estimate of drug-likeness (QED) is 0.676. The number of rotatable bonds is 3. The third-order valence-electron chi connectivity index (χ3n) is 3.52. The molecule has 1 aromatic rings. The Bertz CT molecular complexity index is 570. The highest BCUT2D eigenvalue weighted by Gasteiger charge is 2.36. The van der Waals surface area contributed by atoms with Gasteiger partial charge in [-0.2, -0.15) is 0 Å². The van der Waals surface area contributed by atoms with Crippen molar-refractivity contribution in [2.75, 3.05) is 12.8 Å². The number of aliphatic carboxylic acids is 1. The van der Waals surface area contributed by atoms with Crippen molar-refractivity contribution in [1.82, 2.24) is 14.9 Å². The van der Waals surface area contributed by atoms with Gasteiger partial charge in [0.1, 0.15) is 6.04 Å². The lowest BCUT2D eigenvalue weighted by atomic mass is 9.92. The number of thioether (sulfide) groups is 1. The van der Waals surface area contributed by atoms with Crippen molar-refractivity contribution in [3.63, 3.8) is 0 Å². The molecular formula is C13H16ClN3O3S. The fourth-order valence-electron chi connectivity index (χ4n) is 2.35. The number of carbonyl (C=O) groups excluding carboxylic acids is 1. The molecule has 0 radical (unpaired) electrons. The normalized spacial score (nSPS) is 22.1. The number of carboxylic acids is 1. The fourth-order valence-corrected chi connectivity index (χ4v) is 2.87. The van der Waals surface area contributed by atoms with E-state index in [-0.39, 0.29) is 16.6 Å². The molecule has 2 heterocycles. The molecule has 1 aliphatic rings. The minimum absolute atomic E-state index is 0.0665. The molecule has 6 nitrogen and oxygen atoms in total. The van der Waals surface area contributed by atoms with Crippen molar-refractivity contribution in [2.24, 2.45) is 5.92 Å². The van der Waals surface area contributed by atoms with Crippen molar-refractivity contribution in [1.29, 1.82) is 0 Å². The molecule has 1 amide bonds. The van der Waals surface area contributed by atoms with Crippen LogP contribution in [-0.2, 0) is 4.79 Å². The van der Waals surface area contributed by atoms with E-state index in [0.717, 1.165) is 6.42 Å². The van der Waals surface area contributed by atoms with Crippen LogP contribution in [0.2, 0.25) is 5.02 Å². The Labute approximate surface area is 131 Å². The van der Waals surface area contributed by atoms with Crippen molar-refractivity contribution in [2.45, 2.75) is 31.0 Å². The van der Waals surface area contributed by atoms with Gasteiger partial charge in [-0.3, -0.25) is 4.79 Å². The van der Waals surface area contributed by atoms with Gasteiger partial charge in [-0.15, -0.1) is 0 Å². The minimum Gasteiger partial charge on any atom is -0.480 e. The average molecular weight is 330 g/mol. The highest BCUT2D eigenvalue weighted by atomic mass is 35.5. The predicted octanol–water partition coefficient (Wildman–Crippen LogP) is 2.18. The van der Waals surface area contributed by atoms with Gasteiger partial charge in [-0.1, -0.05) is 30.3 Å². The number of hydrogen-bond acceptors (Lipinski definition) is 5. The molecule has 1 saturated heterocycles. The van der Waals surface area contributed by atoms with Crippen molar-refractivity contribution in [3.8, 4) is 0 Å². The molecule has 0 bridgehead atoms. The van der Waals surface area contributed by atoms with E-state index in [0.29, 0.717) is 18.1 Å². The second kappa shape index (κ2) is 6.62. The number of nitrogens with zero attached hydrogens (tertiary/aromatic N) is 3. The number of amides is 1. The zero-order valence-electron chi connectivity index (χ0n) is 11.7. The summed E-state index contributed by atoms with van der Waals surface area (Å²) in [4.78, 5) is 33.4. The molecule has 2 rings (SSSR count). The molecule has 0 aliphatic carbocycles. The van der Waals surface area contributed by atoms with Gasteiger partial charge < -0.3 is 10.0 Å². The topological polar surface area (TPSA) is 83.4 Å². The van der Waals surface area contributed by atoms with Gasteiger partial charge in [0.2, 0.25) is 0 Å². The molecule has 1 N–H and O–H groups in total. The van der Waals surface area contributed by atoms with Gasteiger partial charge in [0.05, 0.1) is 11.2 Å². The van der Waals surface area contributed by atoms with Gasteiger partial charge in [-0.25, -0.2) is 14.8 Å². The Morgan fingerprint density at radius 2 is 2.24 bits per heavy atom. The van der Waals surface area contributed by atoms with Crippen LogP contribution < -0.4 is 0 Å². The van der Waals surface area contributed by atoms with Crippen LogP contribution in [0.25, 0.3) is 0 Å². The van der Waals surface area contributed by atoms with E-state index in [1.165, 1.54) is 22.9 Å². The van der Waals surface area contributed by atoms with Crippen LogP contribution in [0.4, 0.5) is 0 Å². The number of carboxylic acid groups (broad SMARTS) is 1. The minimum atomic E-state index is -0.995. The van der Waals surface area contributed by atoms with Crippen LogP contribution in [0.15, 0.2) is 11.4 Å². The average Bonchev–Trinajstić information content (AvgIpc) is 2.47. The van der Waals surface area contributed by atoms with Gasteiger partial charge in [0.25, 0.3) is 5.91 Å². The van der Waals surface area contributed by atoms with Crippen LogP contribution >= 0.6 is 23.4 Å². The first kappa shape index (κ1) is 16.0. The van der Waals surface area contributed by atoms with Gasteiger partial charge in [0, 0.05) is 6.54 Å². The summed E-state index contributed by atoms with van der Waals surface area (Å²) < 4.78 is 0. The first-order valence-electron chi connectivity index (χ1n) is 6.54. The van der Waals surface area contributed by atoms with E-state index in [1.807, 2.05) is 6.92 Å². The smallest absolute Gasteiger partial charge is 0.326 e. The maximum atomic E-state index is 12.6. The zero-order chi connectivity index (χ0) is 15.6. The second-order valence-corrected chi connectivity index (χ2v) is 6.22. The molecule has 1 aromatic heterocycles.